The summed E-state index contributed by atoms with van der Waals surface area (Å²) in [6.45, 7) is 11.7. The van der Waals surface area contributed by atoms with Gasteiger partial charge in [-0.05, 0) is 92.1 Å². The molecule has 2 saturated heterocycles. The van der Waals surface area contributed by atoms with Crippen molar-refractivity contribution >= 4 is 22.8 Å². The summed E-state index contributed by atoms with van der Waals surface area (Å²) in [4.78, 5) is 51.9. The number of nitrogens with zero attached hydrogens (tertiary/aromatic N) is 5. The van der Waals surface area contributed by atoms with Crippen LogP contribution in [0.3, 0.4) is 0 Å². The predicted molar refractivity (Wildman–Crippen MR) is 254 cm³/mol. The van der Waals surface area contributed by atoms with E-state index < -0.39 is 0 Å². The largest absolute Gasteiger partial charge is 0.456 e. The molecule has 2 N–H and O–H groups in total. The molecule has 330 valence electrons. The lowest BCUT2D eigenvalue weighted by molar-refractivity contribution is -0.138. The van der Waals surface area contributed by atoms with Crippen molar-refractivity contribution in [2.75, 3.05) is 26.2 Å². The first kappa shape index (κ1) is 43.0. The number of carbonyl (C=O) groups excluding carboxylic acids is 2. The van der Waals surface area contributed by atoms with Crippen molar-refractivity contribution in [2.24, 2.45) is 5.92 Å². The van der Waals surface area contributed by atoms with Gasteiger partial charge in [0.15, 0.2) is 0 Å². The quantitative estimate of drug-likeness (QED) is 0.100. The lowest BCUT2D eigenvalue weighted by Crippen LogP contribution is -2.43. The SMILES string of the molecule is CCC(CC)C[C@@H](C(=O)N1CCC[C@H]1c1ncc(-c2ccc(-c3cc4cc(-c5cnc([C@@H]6CCCN6C(=O)[C@@H](c6ccccc6)N(CC)CC)[nH]5)ccc4o3)cc2)[nH]1)c1ccccc1. The second kappa shape index (κ2) is 19.2. The fourth-order valence-corrected chi connectivity index (χ4v) is 10.2. The molecule has 7 aromatic rings. The molecule has 10 heteroatoms. The van der Waals surface area contributed by atoms with Crippen LogP contribution in [-0.2, 0) is 9.59 Å². The Morgan fingerprint density at radius 3 is 1.81 bits per heavy atom. The minimum Gasteiger partial charge on any atom is -0.456 e. The van der Waals surface area contributed by atoms with Gasteiger partial charge in [-0.3, -0.25) is 14.5 Å². The first-order valence-electron chi connectivity index (χ1n) is 23.6. The zero-order valence-corrected chi connectivity index (χ0v) is 37.7. The molecule has 2 fully saturated rings. The maximum absolute atomic E-state index is 14.3. The highest BCUT2D eigenvalue weighted by molar-refractivity contribution is 5.87. The molecule has 0 radical (unpaired) electrons. The highest BCUT2D eigenvalue weighted by Crippen LogP contribution is 2.39. The van der Waals surface area contributed by atoms with Gasteiger partial charge in [0.05, 0.1) is 41.8 Å². The van der Waals surface area contributed by atoms with Gasteiger partial charge in [0.1, 0.15) is 29.0 Å². The molecule has 4 atom stereocenters. The number of fused-ring (bicyclic) bond motifs is 1. The monoisotopic (exact) mass is 855 g/mol. The van der Waals surface area contributed by atoms with Gasteiger partial charge in [0.25, 0.3) is 0 Å². The van der Waals surface area contributed by atoms with E-state index in [-0.39, 0.29) is 35.9 Å². The molecule has 9 rings (SSSR count). The smallest absolute Gasteiger partial charge is 0.245 e. The van der Waals surface area contributed by atoms with E-state index in [2.05, 4.69) is 114 Å². The van der Waals surface area contributed by atoms with Crippen LogP contribution in [0.15, 0.2) is 126 Å². The third-order valence-electron chi connectivity index (χ3n) is 14.0. The van der Waals surface area contributed by atoms with Crippen molar-refractivity contribution in [1.82, 2.24) is 34.6 Å². The van der Waals surface area contributed by atoms with E-state index in [0.29, 0.717) is 12.5 Å². The number of aromatic amines is 2. The van der Waals surface area contributed by atoms with E-state index in [1.54, 1.807) is 0 Å². The fraction of sp³-hybridized carbons (Fsp3) is 0.370. The lowest BCUT2D eigenvalue weighted by atomic mass is 9.85. The summed E-state index contributed by atoms with van der Waals surface area (Å²) in [5.41, 5.74) is 7.78. The highest BCUT2D eigenvalue weighted by Gasteiger charge is 2.39. The van der Waals surface area contributed by atoms with Crippen molar-refractivity contribution in [3.05, 3.63) is 144 Å². The number of aromatic nitrogens is 4. The van der Waals surface area contributed by atoms with Gasteiger partial charge in [-0.1, -0.05) is 125 Å². The second-order valence-corrected chi connectivity index (χ2v) is 17.6. The molecule has 0 bridgehead atoms. The van der Waals surface area contributed by atoms with Crippen LogP contribution in [0.2, 0.25) is 0 Å². The van der Waals surface area contributed by atoms with Crippen molar-refractivity contribution in [1.29, 1.82) is 0 Å². The van der Waals surface area contributed by atoms with Gasteiger partial charge in [-0.2, -0.15) is 0 Å². The predicted octanol–water partition coefficient (Wildman–Crippen LogP) is 11.9. The van der Waals surface area contributed by atoms with Crippen LogP contribution < -0.4 is 0 Å². The lowest BCUT2D eigenvalue weighted by Gasteiger charge is -2.34. The van der Waals surface area contributed by atoms with Crippen molar-refractivity contribution in [3.63, 3.8) is 0 Å². The first-order valence-corrected chi connectivity index (χ1v) is 23.6. The van der Waals surface area contributed by atoms with Crippen LogP contribution in [0.5, 0.6) is 0 Å². The minimum atomic E-state index is -0.326. The number of hydrogen-bond donors (Lipinski definition) is 2. The Bertz CT molecular complexity index is 2640. The normalized spacial score (nSPS) is 17.5. The van der Waals surface area contributed by atoms with Crippen LogP contribution in [0.1, 0.15) is 119 Å². The van der Waals surface area contributed by atoms with Crippen LogP contribution >= 0.6 is 0 Å². The van der Waals surface area contributed by atoms with E-state index in [9.17, 15) is 9.59 Å². The van der Waals surface area contributed by atoms with E-state index in [1.165, 1.54) is 0 Å². The van der Waals surface area contributed by atoms with Crippen LogP contribution in [0, 0.1) is 5.92 Å². The second-order valence-electron chi connectivity index (χ2n) is 17.6. The molecule has 64 heavy (non-hydrogen) atoms. The van der Waals surface area contributed by atoms with Crippen molar-refractivity contribution in [3.8, 4) is 33.8 Å². The number of likely N-dealkylation sites (N-methyl/N-ethyl adjacent to an activating group) is 1. The molecular formula is C54H61N7O3. The summed E-state index contributed by atoms with van der Waals surface area (Å²) in [6, 6.07) is 36.6. The van der Waals surface area contributed by atoms with E-state index in [1.807, 2.05) is 59.8 Å². The zero-order chi connectivity index (χ0) is 44.2. The van der Waals surface area contributed by atoms with Gasteiger partial charge >= 0.3 is 0 Å². The number of likely N-dealkylation sites (tertiary alicyclic amines) is 2. The summed E-state index contributed by atoms with van der Waals surface area (Å²) in [5.74, 6) is 3.15. The summed E-state index contributed by atoms with van der Waals surface area (Å²) >= 11 is 0. The van der Waals surface area contributed by atoms with Gasteiger partial charge in [0.2, 0.25) is 11.8 Å². The summed E-state index contributed by atoms with van der Waals surface area (Å²) < 4.78 is 6.38. The summed E-state index contributed by atoms with van der Waals surface area (Å²) in [7, 11) is 0. The first-order chi connectivity index (χ1) is 31.4. The highest BCUT2D eigenvalue weighted by atomic mass is 16.3. The van der Waals surface area contributed by atoms with Crippen molar-refractivity contribution < 1.29 is 14.0 Å². The maximum Gasteiger partial charge on any atom is 0.245 e. The third kappa shape index (κ3) is 8.68. The Morgan fingerprint density at radius 1 is 0.672 bits per heavy atom. The number of nitrogens with one attached hydrogen (secondary N) is 2. The van der Waals surface area contributed by atoms with Crippen LogP contribution in [-0.4, -0.2) is 72.6 Å². The van der Waals surface area contributed by atoms with Crippen LogP contribution in [0.4, 0.5) is 0 Å². The minimum absolute atomic E-state index is 0.0703. The van der Waals surface area contributed by atoms with E-state index >= 15 is 0 Å². The maximum atomic E-state index is 14.3. The molecule has 3 aromatic heterocycles. The van der Waals surface area contributed by atoms with Crippen molar-refractivity contribution in [2.45, 2.75) is 96.7 Å². The Hall–Kier alpha value is -6.26. The average Bonchev–Trinajstić information content (AvgIpc) is 4.21. The molecule has 0 saturated carbocycles. The molecule has 2 amide bonds. The molecule has 0 unspecified atom stereocenters. The number of imidazole rings is 2. The number of hydrogen-bond acceptors (Lipinski definition) is 6. The number of carbonyl (C=O) groups is 2. The molecule has 10 nitrogen and oxygen atoms in total. The van der Waals surface area contributed by atoms with Gasteiger partial charge in [0, 0.05) is 29.6 Å². The molecule has 0 aliphatic carbocycles. The fourth-order valence-electron chi connectivity index (χ4n) is 10.2. The number of furan rings is 1. The summed E-state index contributed by atoms with van der Waals surface area (Å²) in [5, 5.41) is 0.999. The topological polar surface area (TPSA) is 114 Å². The molecule has 5 heterocycles. The third-order valence-corrected chi connectivity index (χ3v) is 14.0. The number of amides is 2. The Labute approximate surface area is 377 Å². The average molecular weight is 856 g/mol. The Balaban J connectivity index is 0.885. The molecule has 2 aliphatic heterocycles. The summed E-state index contributed by atoms with van der Waals surface area (Å²) in [6.07, 6.45) is 10.5. The molecule has 4 aromatic carbocycles. The standard InChI is InChI=1S/C54H61N7O3/c1-5-36(6-2)31-43(37-17-11-9-12-18-37)53(62)60-29-15-21-46(60)51-55-34-44(57-51)38-23-25-39(26-24-38)49-33-42-32-41(27-28-48(42)64-49)45-35-56-52(58-45)47-22-16-30-61(47)54(63)50(59(7-3)8-4)40-19-13-10-14-20-40/h9-14,17-20,23-28,32-36,43,46-47,50H,5-8,15-16,21-22,29-31H2,1-4H3,(H,55,57)(H,56,58)/t43-,46+,47+,50-/m1/s1. The van der Waals surface area contributed by atoms with Crippen LogP contribution in [0.25, 0.3) is 44.8 Å². The van der Waals surface area contributed by atoms with E-state index in [0.717, 1.165) is 132 Å². The van der Waals surface area contributed by atoms with Gasteiger partial charge in [-0.25, -0.2) is 9.97 Å². The zero-order valence-electron chi connectivity index (χ0n) is 37.7. The number of benzene rings is 4. The number of H-pyrrole nitrogens is 2. The Morgan fingerprint density at radius 2 is 1.22 bits per heavy atom. The molecule has 2 aliphatic rings. The van der Waals surface area contributed by atoms with Gasteiger partial charge in [-0.15, -0.1) is 0 Å². The number of rotatable bonds is 16. The Kier molecular flexibility index (Phi) is 12.9. The van der Waals surface area contributed by atoms with Gasteiger partial charge < -0.3 is 24.2 Å². The molecular weight excluding hydrogens is 795 g/mol. The van der Waals surface area contributed by atoms with E-state index in [4.69, 9.17) is 14.4 Å². The molecule has 0 spiro atoms.